The zero-order valence-corrected chi connectivity index (χ0v) is 40.3. The number of rotatable bonds is 2. The largest absolute Gasteiger partial charge is 0.353 e. The Morgan fingerprint density at radius 2 is 0.739 bits per heavy atom. The van der Waals surface area contributed by atoms with Gasteiger partial charge in [-0.25, -0.2) is 0 Å². The van der Waals surface area contributed by atoms with Gasteiger partial charge in [0.25, 0.3) is 6.71 Å². The van der Waals surface area contributed by atoms with Crippen molar-refractivity contribution in [3.05, 3.63) is 199 Å². The fraction of sp³-hybridized carbons (Fsp3) is 0.138. The van der Waals surface area contributed by atoms with Gasteiger partial charge in [0, 0.05) is 51.4 Å². The van der Waals surface area contributed by atoms with Crippen LogP contribution in [-0.2, 0) is 17.9 Å². The Kier molecular flexibility index (Phi) is 8.24. The van der Waals surface area contributed by atoms with Gasteiger partial charge in [0.15, 0.2) is 0 Å². The summed E-state index contributed by atoms with van der Waals surface area (Å²) in [5, 5.41) is 16.6. The summed E-state index contributed by atoms with van der Waals surface area (Å²) in [4.78, 5) is 5.29. The average molecular weight is 886 g/mol. The number of aryl methyl sites for hydroxylation is 1. The van der Waals surface area contributed by atoms with Crippen molar-refractivity contribution in [2.45, 2.75) is 52.4 Å². The minimum absolute atomic E-state index is 0.0381. The van der Waals surface area contributed by atoms with Crippen LogP contribution < -0.4 is 26.3 Å². The smallest absolute Gasteiger partial charge is 0.272 e. The highest BCUT2D eigenvalue weighted by molar-refractivity contribution is 7.00. The summed E-state index contributed by atoms with van der Waals surface area (Å²) in [6.45, 7) is 14.0. The van der Waals surface area contributed by atoms with E-state index in [-0.39, 0.29) is 17.5 Å². The molecule has 330 valence electrons. The number of aromatic nitrogens is 1. The quantitative estimate of drug-likeness (QED) is 0.127. The van der Waals surface area contributed by atoms with Crippen LogP contribution in [-0.4, -0.2) is 11.3 Å². The molecule has 0 fully saturated rings. The Labute approximate surface area is 403 Å². The van der Waals surface area contributed by atoms with E-state index < -0.39 is 0 Å². The van der Waals surface area contributed by atoms with E-state index in [1.54, 1.807) is 0 Å². The highest BCUT2D eigenvalue weighted by atomic mass is 15.2. The van der Waals surface area contributed by atoms with E-state index >= 15 is 0 Å². The van der Waals surface area contributed by atoms with Crippen molar-refractivity contribution in [3.63, 3.8) is 0 Å². The summed E-state index contributed by atoms with van der Waals surface area (Å²) in [5.74, 6) is 0. The normalized spacial score (nSPS) is 13.6. The van der Waals surface area contributed by atoms with Crippen LogP contribution in [0, 0.1) is 0 Å². The second kappa shape index (κ2) is 14.1. The Hall–Kier alpha value is -7.82. The first kappa shape index (κ1) is 40.3. The molecular formula is C65H52BN3. The zero-order valence-electron chi connectivity index (χ0n) is 40.3. The molecule has 0 amide bonds. The molecule has 0 saturated carbocycles. The van der Waals surface area contributed by atoms with Gasteiger partial charge in [0.05, 0.1) is 17.1 Å². The first-order valence-electron chi connectivity index (χ1n) is 24.6. The maximum Gasteiger partial charge on any atom is 0.272 e. The van der Waals surface area contributed by atoms with E-state index in [0.29, 0.717) is 0 Å². The van der Waals surface area contributed by atoms with Crippen LogP contribution in [0.3, 0.4) is 0 Å². The van der Waals surface area contributed by atoms with E-state index in [4.69, 9.17) is 0 Å². The average Bonchev–Trinajstić information content (AvgIpc) is 3.66. The Balaban J connectivity index is 1.16. The molecule has 0 radical (unpaired) electrons. The molecule has 1 aromatic heterocycles. The highest BCUT2D eigenvalue weighted by Crippen LogP contribution is 2.52. The van der Waals surface area contributed by atoms with Crippen LogP contribution in [0.1, 0.15) is 52.7 Å². The van der Waals surface area contributed by atoms with Crippen molar-refractivity contribution < 1.29 is 0 Å². The van der Waals surface area contributed by atoms with Gasteiger partial charge in [-0.3, -0.25) is 0 Å². The summed E-state index contributed by atoms with van der Waals surface area (Å²) in [7, 11) is 2.32. The molecule has 0 bridgehead atoms. The van der Waals surface area contributed by atoms with Gasteiger partial charge in [-0.2, -0.15) is 0 Å². The Bertz CT molecular complexity index is 4110. The lowest BCUT2D eigenvalue weighted by molar-refractivity contribution is 0.590. The maximum absolute atomic E-state index is 2.67. The van der Waals surface area contributed by atoms with Gasteiger partial charge in [-0.1, -0.05) is 187 Å². The third-order valence-electron chi connectivity index (χ3n) is 15.8. The molecule has 12 aromatic rings. The van der Waals surface area contributed by atoms with E-state index in [0.717, 1.165) is 0 Å². The van der Waals surface area contributed by atoms with E-state index in [2.05, 4.69) is 251 Å². The molecule has 0 N–H and O–H groups in total. The molecule has 0 unspecified atom stereocenters. The minimum Gasteiger partial charge on any atom is -0.353 e. The lowest BCUT2D eigenvalue weighted by atomic mass is 9.34. The maximum atomic E-state index is 2.67. The van der Waals surface area contributed by atoms with Gasteiger partial charge in [-0.15, -0.1) is 0 Å². The molecule has 0 saturated heterocycles. The fourth-order valence-electron chi connectivity index (χ4n) is 12.6. The number of hydrogen-bond donors (Lipinski definition) is 0. The molecule has 3 heterocycles. The standard InChI is InChI=1S/C65H52BN3/c1-64(2,3)39-33-35-53-51(37-39)62-63(67(53)7)66-52-38-40(65(4,5)6)34-36-54(52)68(55-29-16-27-49-45-21-10-8-19-41(45)43-23-12-14-25-47(43)59(49)55)57-31-18-32-58(61(57)66)69(62)56-30-17-28-50-46-22-11-9-20-42(46)44-24-13-15-26-48(44)60(50)56/h8-38H,1-7H3. The summed E-state index contributed by atoms with van der Waals surface area (Å²) in [6.07, 6.45) is 0. The number of benzene rings is 11. The molecule has 11 aromatic carbocycles. The molecule has 2 aliphatic heterocycles. The first-order chi connectivity index (χ1) is 33.5. The van der Waals surface area contributed by atoms with Crippen LogP contribution in [0.15, 0.2) is 188 Å². The predicted molar refractivity (Wildman–Crippen MR) is 299 cm³/mol. The fourth-order valence-corrected chi connectivity index (χ4v) is 12.6. The van der Waals surface area contributed by atoms with Gasteiger partial charge >= 0.3 is 0 Å². The molecule has 2 aliphatic rings. The lowest BCUT2D eigenvalue weighted by Gasteiger charge is -2.44. The highest BCUT2D eigenvalue weighted by Gasteiger charge is 2.47. The van der Waals surface area contributed by atoms with Crippen molar-refractivity contribution in [2.75, 3.05) is 9.80 Å². The van der Waals surface area contributed by atoms with Crippen molar-refractivity contribution in [1.82, 2.24) is 4.57 Å². The number of fused-ring (bicyclic) bond motifs is 18. The molecule has 69 heavy (non-hydrogen) atoms. The van der Waals surface area contributed by atoms with Crippen LogP contribution in [0.25, 0.3) is 75.5 Å². The monoisotopic (exact) mass is 885 g/mol. The van der Waals surface area contributed by atoms with Gasteiger partial charge in [0.1, 0.15) is 0 Å². The van der Waals surface area contributed by atoms with Crippen LogP contribution in [0.4, 0.5) is 34.1 Å². The van der Waals surface area contributed by atoms with Crippen LogP contribution in [0.2, 0.25) is 0 Å². The van der Waals surface area contributed by atoms with Gasteiger partial charge in [0.2, 0.25) is 0 Å². The molecule has 4 heteroatoms. The molecule has 3 nitrogen and oxygen atoms in total. The number of nitrogens with zero attached hydrogens (tertiary/aromatic N) is 3. The zero-order chi connectivity index (χ0) is 46.7. The lowest BCUT2D eigenvalue weighted by Crippen LogP contribution is -2.63. The number of anilines is 6. The minimum atomic E-state index is -0.0644. The molecule has 0 aliphatic carbocycles. The second-order valence-electron chi connectivity index (χ2n) is 21.7. The summed E-state index contributed by atoms with van der Waals surface area (Å²) >= 11 is 0. The third-order valence-corrected chi connectivity index (χ3v) is 15.8. The van der Waals surface area contributed by atoms with E-state index in [1.165, 1.54) is 137 Å². The Morgan fingerprint density at radius 1 is 0.348 bits per heavy atom. The summed E-state index contributed by atoms with van der Waals surface area (Å²) in [6, 6.07) is 71.7. The van der Waals surface area contributed by atoms with E-state index in [9.17, 15) is 0 Å². The summed E-state index contributed by atoms with van der Waals surface area (Å²) in [5.41, 5.74) is 15.1. The molecule has 0 atom stereocenters. The van der Waals surface area contributed by atoms with Crippen molar-refractivity contribution in [3.8, 4) is 0 Å². The van der Waals surface area contributed by atoms with Crippen LogP contribution in [0.5, 0.6) is 0 Å². The van der Waals surface area contributed by atoms with Crippen LogP contribution >= 0.6 is 0 Å². The van der Waals surface area contributed by atoms with Gasteiger partial charge in [-0.05, 0) is 129 Å². The summed E-state index contributed by atoms with van der Waals surface area (Å²) < 4.78 is 2.54. The first-order valence-corrected chi connectivity index (χ1v) is 24.6. The van der Waals surface area contributed by atoms with E-state index in [1.807, 2.05) is 0 Å². The third kappa shape index (κ3) is 5.52. The molecule has 14 rings (SSSR count). The SMILES string of the molecule is Cn1c2c(c3cc(C(C)(C)C)ccc31)N(c1cccc3c4ccccc4c4ccccc4c13)c1cccc3c1B2c1cc(C(C)(C)C)ccc1N3c1cccc2c3ccccc3c3ccccc3c12. The predicted octanol–water partition coefficient (Wildman–Crippen LogP) is 15.8. The van der Waals surface area contributed by atoms with Crippen molar-refractivity contribution >= 4 is 133 Å². The topological polar surface area (TPSA) is 11.4 Å². The van der Waals surface area contributed by atoms with Crippen molar-refractivity contribution in [2.24, 2.45) is 7.05 Å². The van der Waals surface area contributed by atoms with Crippen molar-refractivity contribution in [1.29, 1.82) is 0 Å². The van der Waals surface area contributed by atoms with Gasteiger partial charge < -0.3 is 14.4 Å². The molecule has 0 spiro atoms. The second-order valence-corrected chi connectivity index (χ2v) is 21.7. The number of hydrogen-bond acceptors (Lipinski definition) is 2. The molecular weight excluding hydrogens is 834 g/mol. The Morgan fingerprint density at radius 3 is 1.25 bits per heavy atom.